The number of benzene rings is 2. The van der Waals surface area contributed by atoms with E-state index in [0.29, 0.717) is 11.4 Å². The van der Waals surface area contributed by atoms with Crippen molar-refractivity contribution in [3.63, 3.8) is 0 Å². The van der Waals surface area contributed by atoms with Gasteiger partial charge >= 0.3 is 0 Å². The van der Waals surface area contributed by atoms with Crippen molar-refractivity contribution >= 4 is 23.2 Å². The Morgan fingerprint density at radius 1 is 0.950 bits per heavy atom. The quantitative estimate of drug-likeness (QED) is 0.902. The highest BCUT2D eigenvalue weighted by Crippen LogP contribution is 2.16. The molecule has 0 heterocycles. The van der Waals surface area contributed by atoms with E-state index in [4.69, 9.17) is 0 Å². The molecule has 0 aromatic heterocycles. The monoisotopic (exact) mass is 272 g/mol. The van der Waals surface area contributed by atoms with Crippen LogP contribution in [0.1, 0.15) is 17.3 Å². The van der Waals surface area contributed by atoms with Gasteiger partial charge in [-0.25, -0.2) is 4.39 Å². The van der Waals surface area contributed by atoms with Gasteiger partial charge in [-0.2, -0.15) is 0 Å². The van der Waals surface area contributed by atoms with Gasteiger partial charge in [0.2, 0.25) is 5.91 Å². The Hall–Kier alpha value is -2.69. The molecule has 0 atom stereocenters. The van der Waals surface area contributed by atoms with Crippen LogP contribution in [-0.2, 0) is 4.79 Å². The van der Waals surface area contributed by atoms with Gasteiger partial charge in [-0.15, -0.1) is 0 Å². The summed E-state index contributed by atoms with van der Waals surface area (Å²) >= 11 is 0. The zero-order valence-electron chi connectivity index (χ0n) is 10.8. The van der Waals surface area contributed by atoms with Crippen molar-refractivity contribution in [2.75, 3.05) is 10.6 Å². The van der Waals surface area contributed by atoms with Crippen molar-refractivity contribution in [1.29, 1.82) is 0 Å². The van der Waals surface area contributed by atoms with Crippen molar-refractivity contribution < 1.29 is 14.0 Å². The Bertz CT molecular complexity index is 656. The van der Waals surface area contributed by atoms with Gasteiger partial charge in [0.05, 0.1) is 0 Å². The number of anilines is 2. The van der Waals surface area contributed by atoms with E-state index in [-0.39, 0.29) is 11.5 Å². The molecule has 102 valence electrons. The highest BCUT2D eigenvalue weighted by Gasteiger charge is 2.07. The van der Waals surface area contributed by atoms with Gasteiger partial charge < -0.3 is 10.6 Å². The fourth-order valence-electron chi connectivity index (χ4n) is 1.71. The van der Waals surface area contributed by atoms with E-state index in [0.717, 1.165) is 6.07 Å². The molecule has 0 aliphatic carbocycles. The minimum Gasteiger partial charge on any atom is -0.326 e. The molecule has 0 saturated carbocycles. The molecule has 0 aliphatic rings. The van der Waals surface area contributed by atoms with E-state index in [1.54, 1.807) is 24.3 Å². The Morgan fingerprint density at radius 2 is 1.60 bits per heavy atom. The first-order valence-corrected chi connectivity index (χ1v) is 5.99. The zero-order chi connectivity index (χ0) is 14.5. The number of carbonyl (C=O) groups excluding carboxylic acids is 2. The summed E-state index contributed by atoms with van der Waals surface area (Å²) in [6, 6.07) is 12.1. The molecule has 2 rings (SSSR count). The summed E-state index contributed by atoms with van der Waals surface area (Å²) in [6.07, 6.45) is 0. The van der Waals surface area contributed by atoms with Crippen molar-refractivity contribution in [2.24, 2.45) is 0 Å². The molecule has 0 bridgehead atoms. The lowest BCUT2D eigenvalue weighted by atomic mass is 10.2. The van der Waals surface area contributed by atoms with Crippen LogP contribution in [-0.4, -0.2) is 11.8 Å². The van der Waals surface area contributed by atoms with Crippen molar-refractivity contribution in [3.8, 4) is 0 Å². The van der Waals surface area contributed by atoms with E-state index < -0.39 is 11.7 Å². The van der Waals surface area contributed by atoms with Gasteiger partial charge in [-0.05, 0) is 36.4 Å². The molecular formula is C15H13FN2O2. The maximum Gasteiger partial charge on any atom is 0.255 e. The molecule has 20 heavy (non-hydrogen) atoms. The topological polar surface area (TPSA) is 58.2 Å². The summed E-state index contributed by atoms with van der Waals surface area (Å²) in [7, 11) is 0. The fraction of sp³-hybridized carbons (Fsp3) is 0.0667. The second-order valence-electron chi connectivity index (χ2n) is 4.23. The van der Waals surface area contributed by atoms with Gasteiger partial charge in [0, 0.05) is 23.9 Å². The van der Waals surface area contributed by atoms with Crippen molar-refractivity contribution in [2.45, 2.75) is 6.92 Å². The maximum atomic E-state index is 13.0. The van der Waals surface area contributed by atoms with E-state index in [2.05, 4.69) is 10.6 Å². The van der Waals surface area contributed by atoms with Crippen LogP contribution in [0.25, 0.3) is 0 Å². The predicted molar refractivity (Wildman–Crippen MR) is 75.1 cm³/mol. The third-order valence-corrected chi connectivity index (χ3v) is 2.53. The lowest BCUT2D eigenvalue weighted by Crippen LogP contribution is -2.12. The summed E-state index contributed by atoms with van der Waals surface area (Å²) in [5.74, 6) is -1.08. The SMILES string of the molecule is CC(=O)Nc1cccc(NC(=O)c2cccc(F)c2)c1. The van der Waals surface area contributed by atoms with Crippen LogP contribution >= 0.6 is 0 Å². The van der Waals surface area contributed by atoms with Crippen molar-refractivity contribution in [1.82, 2.24) is 0 Å². The molecule has 0 radical (unpaired) electrons. The number of nitrogens with one attached hydrogen (secondary N) is 2. The summed E-state index contributed by atoms with van der Waals surface area (Å²) in [4.78, 5) is 22.9. The largest absolute Gasteiger partial charge is 0.326 e. The van der Waals surface area contributed by atoms with Gasteiger partial charge in [-0.3, -0.25) is 9.59 Å². The van der Waals surface area contributed by atoms with Gasteiger partial charge in [0.1, 0.15) is 5.82 Å². The Kier molecular flexibility index (Phi) is 4.10. The highest BCUT2D eigenvalue weighted by molar-refractivity contribution is 6.04. The van der Waals surface area contributed by atoms with Crippen molar-refractivity contribution in [3.05, 3.63) is 59.9 Å². The van der Waals surface area contributed by atoms with Gasteiger partial charge in [0.25, 0.3) is 5.91 Å². The normalized spacial score (nSPS) is 9.90. The van der Waals surface area contributed by atoms with Crippen LogP contribution < -0.4 is 10.6 Å². The summed E-state index contributed by atoms with van der Waals surface area (Å²) in [5, 5.41) is 5.26. The minimum absolute atomic E-state index is 0.196. The first-order chi connectivity index (χ1) is 9.54. The third-order valence-electron chi connectivity index (χ3n) is 2.53. The van der Waals surface area contributed by atoms with E-state index in [1.165, 1.54) is 25.1 Å². The molecular weight excluding hydrogens is 259 g/mol. The van der Waals surface area contributed by atoms with Crippen LogP contribution in [0.15, 0.2) is 48.5 Å². The molecule has 5 heteroatoms. The first-order valence-electron chi connectivity index (χ1n) is 5.99. The molecule has 0 aliphatic heterocycles. The smallest absolute Gasteiger partial charge is 0.255 e. The number of carbonyl (C=O) groups is 2. The van der Waals surface area contributed by atoms with E-state index >= 15 is 0 Å². The van der Waals surface area contributed by atoms with Crippen LogP contribution in [0.4, 0.5) is 15.8 Å². The second kappa shape index (κ2) is 5.97. The standard InChI is InChI=1S/C15H13FN2O2/c1-10(19)17-13-6-3-7-14(9-13)18-15(20)11-4-2-5-12(16)8-11/h2-9H,1H3,(H,17,19)(H,18,20). The highest BCUT2D eigenvalue weighted by atomic mass is 19.1. The molecule has 2 aromatic rings. The fourth-order valence-corrected chi connectivity index (χ4v) is 1.71. The summed E-state index contributed by atoms with van der Waals surface area (Å²) in [5.41, 5.74) is 1.33. The van der Waals surface area contributed by atoms with E-state index in [1.807, 2.05) is 0 Å². The summed E-state index contributed by atoms with van der Waals surface area (Å²) in [6.45, 7) is 1.40. The molecule has 2 N–H and O–H groups in total. The maximum absolute atomic E-state index is 13.0. The Balaban J connectivity index is 2.13. The molecule has 2 aromatic carbocycles. The molecule has 4 nitrogen and oxygen atoms in total. The average molecular weight is 272 g/mol. The van der Waals surface area contributed by atoms with E-state index in [9.17, 15) is 14.0 Å². The number of hydrogen-bond acceptors (Lipinski definition) is 2. The molecule has 2 amide bonds. The molecule has 0 unspecified atom stereocenters. The lowest BCUT2D eigenvalue weighted by molar-refractivity contribution is -0.114. The summed E-state index contributed by atoms with van der Waals surface area (Å²) < 4.78 is 13.0. The Morgan fingerprint density at radius 3 is 2.25 bits per heavy atom. The van der Waals surface area contributed by atoms with Crippen LogP contribution in [0.3, 0.4) is 0 Å². The van der Waals surface area contributed by atoms with Gasteiger partial charge in [0.15, 0.2) is 0 Å². The molecule has 0 fully saturated rings. The lowest BCUT2D eigenvalue weighted by Gasteiger charge is -2.08. The Labute approximate surface area is 115 Å². The number of amides is 2. The zero-order valence-corrected chi connectivity index (χ0v) is 10.8. The number of hydrogen-bond donors (Lipinski definition) is 2. The van der Waals surface area contributed by atoms with Crippen LogP contribution in [0, 0.1) is 5.82 Å². The third kappa shape index (κ3) is 3.65. The number of rotatable bonds is 3. The molecule has 0 saturated heterocycles. The van der Waals surface area contributed by atoms with Crippen LogP contribution in [0.2, 0.25) is 0 Å². The van der Waals surface area contributed by atoms with Gasteiger partial charge in [-0.1, -0.05) is 12.1 Å². The second-order valence-corrected chi connectivity index (χ2v) is 4.23. The minimum atomic E-state index is -0.468. The first kappa shape index (κ1) is 13.7. The average Bonchev–Trinajstić information content (AvgIpc) is 2.38. The van der Waals surface area contributed by atoms with Crippen LogP contribution in [0.5, 0.6) is 0 Å². The predicted octanol–water partition coefficient (Wildman–Crippen LogP) is 3.04. The molecule has 0 spiro atoms. The number of halogens is 1.